The highest BCUT2D eigenvalue weighted by atomic mass is 35.5. The van der Waals surface area contributed by atoms with E-state index < -0.39 is 11.8 Å². The molecular formula is C24H19ClN2O3S. The van der Waals surface area contributed by atoms with Crippen LogP contribution in [0.4, 0.5) is 5.69 Å². The fourth-order valence-corrected chi connectivity index (χ4v) is 3.80. The minimum Gasteiger partial charge on any atom is -0.457 e. The number of rotatable bonds is 4. The van der Waals surface area contributed by atoms with Gasteiger partial charge in [-0.25, -0.2) is 0 Å². The Morgan fingerprint density at radius 3 is 2.55 bits per heavy atom. The molecule has 4 rings (SSSR count). The minimum atomic E-state index is -0.562. The van der Waals surface area contributed by atoms with E-state index in [2.05, 4.69) is 12.2 Å². The highest BCUT2D eigenvalue weighted by molar-refractivity contribution is 7.80. The summed E-state index contributed by atoms with van der Waals surface area (Å²) in [5.74, 6) is -0.0942. The van der Waals surface area contributed by atoms with Gasteiger partial charge in [0, 0.05) is 10.6 Å². The number of anilines is 1. The SMILES string of the molecule is CCc1ccc(N2C(=O)C(=Cc3ccc(-c4cc(Cl)ccc4C)o3)C(=O)NC2=S)cc1. The van der Waals surface area contributed by atoms with Crippen LogP contribution in [-0.2, 0) is 16.0 Å². The molecule has 1 aliphatic heterocycles. The summed E-state index contributed by atoms with van der Waals surface area (Å²) in [6, 6.07) is 16.5. The third kappa shape index (κ3) is 4.17. The Morgan fingerprint density at radius 2 is 1.84 bits per heavy atom. The van der Waals surface area contributed by atoms with Gasteiger partial charge in [0.25, 0.3) is 11.8 Å². The van der Waals surface area contributed by atoms with Gasteiger partial charge in [0.1, 0.15) is 17.1 Å². The van der Waals surface area contributed by atoms with Crippen LogP contribution in [0.15, 0.2) is 64.6 Å². The molecule has 2 aromatic carbocycles. The molecule has 0 atom stereocenters. The van der Waals surface area contributed by atoms with Crippen molar-refractivity contribution < 1.29 is 14.0 Å². The van der Waals surface area contributed by atoms with Crippen molar-refractivity contribution in [2.75, 3.05) is 4.90 Å². The summed E-state index contributed by atoms with van der Waals surface area (Å²) in [6.07, 6.45) is 2.31. The van der Waals surface area contributed by atoms with Crippen molar-refractivity contribution in [1.82, 2.24) is 5.32 Å². The van der Waals surface area contributed by atoms with Crippen LogP contribution >= 0.6 is 23.8 Å². The van der Waals surface area contributed by atoms with Gasteiger partial charge >= 0.3 is 0 Å². The van der Waals surface area contributed by atoms with Crippen LogP contribution in [-0.4, -0.2) is 16.9 Å². The van der Waals surface area contributed by atoms with Crippen LogP contribution in [0.1, 0.15) is 23.8 Å². The number of halogens is 1. The van der Waals surface area contributed by atoms with Crippen molar-refractivity contribution in [2.45, 2.75) is 20.3 Å². The molecule has 31 heavy (non-hydrogen) atoms. The van der Waals surface area contributed by atoms with Crippen LogP contribution in [0.25, 0.3) is 17.4 Å². The van der Waals surface area contributed by atoms with Gasteiger partial charge in [-0.1, -0.05) is 36.7 Å². The molecule has 156 valence electrons. The van der Waals surface area contributed by atoms with E-state index >= 15 is 0 Å². The molecule has 2 amide bonds. The minimum absolute atomic E-state index is 0.0473. The second-order valence-corrected chi connectivity index (χ2v) is 7.96. The van der Waals surface area contributed by atoms with Gasteiger partial charge in [-0.15, -0.1) is 0 Å². The molecule has 2 heterocycles. The van der Waals surface area contributed by atoms with Crippen molar-refractivity contribution in [2.24, 2.45) is 0 Å². The first-order valence-electron chi connectivity index (χ1n) is 9.74. The molecule has 3 aromatic rings. The Hall–Kier alpha value is -3.22. The summed E-state index contributed by atoms with van der Waals surface area (Å²) in [4.78, 5) is 26.9. The van der Waals surface area contributed by atoms with E-state index in [1.807, 2.05) is 49.4 Å². The average Bonchev–Trinajstić information content (AvgIpc) is 3.21. The molecule has 1 fully saturated rings. The van der Waals surface area contributed by atoms with Gasteiger partial charge in [-0.3, -0.25) is 19.8 Å². The fourth-order valence-electron chi connectivity index (χ4n) is 3.35. The normalized spacial score (nSPS) is 15.5. The quantitative estimate of drug-likeness (QED) is 0.333. The van der Waals surface area contributed by atoms with Gasteiger partial charge < -0.3 is 4.42 Å². The summed E-state index contributed by atoms with van der Waals surface area (Å²) in [6.45, 7) is 4.00. The number of hydrogen-bond acceptors (Lipinski definition) is 4. The summed E-state index contributed by atoms with van der Waals surface area (Å²) in [7, 11) is 0. The van der Waals surface area contributed by atoms with E-state index in [0.717, 1.165) is 23.1 Å². The van der Waals surface area contributed by atoms with Gasteiger partial charge in [0.05, 0.1) is 5.69 Å². The maximum Gasteiger partial charge on any atom is 0.270 e. The first-order chi connectivity index (χ1) is 14.9. The smallest absolute Gasteiger partial charge is 0.270 e. The summed E-state index contributed by atoms with van der Waals surface area (Å²) >= 11 is 11.4. The Labute approximate surface area is 190 Å². The molecule has 0 aliphatic carbocycles. The molecule has 1 saturated heterocycles. The van der Waals surface area contributed by atoms with Crippen LogP contribution in [0.5, 0.6) is 0 Å². The van der Waals surface area contributed by atoms with E-state index in [1.165, 1.54) is 11.0 Å². The molecule has 1 aromatic heterocycles. The van der Waals surface area contributed by atoms with Crippen LogP contribution in [0, 0.1) is 6.92 Å². The second-order valence-electron chi connectivity index (χ2n) is 7.14. The zero-order valence-electron chi connectivity index (χ0n) is 16.9. The zero-order valence-corrected chi connectivity index (χ0v) is 18.5. The molecule has 0 spiro atoms. The first-order valence-corrected chi connectivity index (χ1v) is 10.5. The topological polar surface area (TPSA) is 62.6 Å². The number of aryl methyl sites for hydroxylation is 2. The standard InChI is InChI=1S/C24H19ClN2O3S/c1-3-15-5-8-17(9-6-15)27-23(29)20(22(28)26-24(27)31)13-18-10-11-21(30-18)19-12-16(25)7-4-14(19)2/h4-13H,3H2,1-2H3,(H,26,28,31). The largest absolute Gasteiger partial charge is 0.457 e. The Bertz CT molecular complexity index is 1230. The number of amides is 2. The predicted octanol–water partition coefficient (Wildman–Crippen LogP) is 5.30. The third-order valence-corrected chi connectivity index (χ3v) is 5.60. The highest BCUT2D eigenvalue weighted by Gasteiger charge is 2.34. The predicted molar refractivity (Wildman–Crippen MR) is 126 cm³/mol. The second kappa shape index (κ2) is 8.49. The number of furan rings is 1. The molecule has 0 saturated carbocycles. The highest BCUT2D eigenvalue weighted by Crippen LogP contribution is 2.30. The van der Waals surface area contributed by atoms with Crippen molar-refractivity contribution in [3.05, 3.63) is 82.1 Å². The molecule has 5 nitrogen and oxygen atoms in total. The Balaban J connectivity index is 1.67. The lowest BCUT2D eigenvalue weighted by Gasteiger charge is -2.28. The lowest BCUT2D eigenvalue weighted by Crippen LogP contribution is -2.54. The van der Waals surface area contributed by atoms with Crippen molar-refractivity contribution in [3.63, 3.8) is 0 Å². The number of thiocarbonyl (C=S) groups is 1. The lowest BCUT2D eigenvalue weighted by atomic mass is 10.1. The number of carbonyl (C=O) groups excluding carboxylic acids is 2. The van der Waals surface area contributed by atoms with Crippen molar-refractivity contribution >= 4 is 52.5 Å². The fraction of sp³-hybridized carbons (Fsp3) is 0.125. The summed E-state index contributed by atoms with van der Waals surface area (Å²) in [5.41, 5.74) is 3.51. The van der Waals surface area contributed by atoms with E-state index in [-0.39, 0.29) is 10.7 Å². The monoisotopic (exact) mass is 450 g/mol. The van der Waals surface area contributed by atoms with Crippen LogP contribution < -0.4 is 10.2 Å². The third-order valence-electron chi connectivity index (χ3n) is 5.08. The van der Waals surface area contributed by atoms with Gasteiger partial charge in [0.15, 0.2) is 5.11 Å². The maximum atomic E-state index is 13.1. The number of benzene rings is 2. The van der Waals surface area contributed by atoms with E-state index in [9.17, 15) is 9.59 Å². The number of carbonyl (C=O) groups is 2. The Morgan fingerprint density at radius 1 is 1.10 bits per heavy atom. The summed E-state index contributed by atoms with van der Waals surface area (Å²) < 4.78 is 5.88. The van der Waals surface area contributed by atoms with E-state index in [0.29, 0.717) is 22.2 Å². The van der Waals surface area contributed by atoms with Gasteiger partial charge in [-0.05, 0) is 79.2 Å². The number of nitrogens with one attached hydrogen (secondary N) is 1. The molecular weight excluding hydrogens is 432 g/mol. The van der Waals surface area contributed by atoms with Crippen LogP contribution in [0.3, 0.4) is 0 Å². The molecule has 1 aliphatic rings. The molecule has 0 bridgehead atoms. The molecule has 1 N–H and O–H groups in total. The van der Waals surface area contributed by atoms with Crippen molar-refractivity contribution in [3.8, 4) is 11.3 Å². The average molecular weight is 451 g/mol. The number of nitrogens with zero attached hydrogens (tertiary/aromatic N) is 1. The van der Waals surface area contributed by atoms with Crippen molar-refractivity contribution in [1.29, 1.82) is 0 Å². The molecule has 0 unspecified atom stereocenters. The molecule has 0 radical (unpaired) electrons. The Kier molecular flexibility index (Phi) is 5.76. The van der Waals surface area contributed by atoms with Crippen LogP contribution in [0.2, 0.25) is 5.02 Å². The maximum absolute atomic E-state index is 13.1. The number of hydrogen-bond donors (Lipinski definition) is 1. The van der Waals surface area contributed by atoms with Gasteiger partial charge in [-0.2, -0.15) is 0 Å². The van der Waals surface area contributed by atoms with E-state index in [4.69, 9.17) is 28.2 Å². The first kappa shape index (κ1) is 21.0. The zero-order chi connectivity index (χ0) is 22.1. The lowest BCUT2D eigenvalue weighted by molar-refractivity contribution is -0.122. The summed E-state index contributed by atoms with van der Waals surface area (Å²) in [5, 5.41) is 3.22. The van der Waals surface area contributed by atoms with E-state index in [1.54, 1.807) is 12.1 Å². The molecule has 7 heteroatoms. The van der Waals surface area contributed by atoms with Gasteiger partial charge in [0.2, 0.25) is 0 Å².